The molecule has 1 aromatic carbocycles. The van der Waals surface area contributed by atoms with Crippen LogP contribution in [-0.2, 0) is 6.42 Å². The second-order valence-corrected chi connectivity index (χ2v) is 5.62. The van der Waals surface area contributed by atoms with Gasteiger partial charge in [-0.25, -0.2) is 4.39 Å². The van der Waals surface area contributed by atoms with E-state index in [1.807, 2.05) is 6.07 Å². The van der Waals surface area contributed by atoms with Gasteiger partial charge in [0.05, 0.1) is 4.34 Å². The van der Waals surface area contributed by atoms with Crippen molar-refractivity contribution in [3.8, 4) is 0 Å². The third-order valence-electron chi connectivity index (χ3n) is 2.33. The summed E-state index contributed by atoms with van der Waals surface area (Å²) in [4.78, 5) is 12.8. The van der Waals surface area contributed by atoms with E-state index in [1.54, 1.807) is 19.1 Å². The molecule has 0 amide bonds. The van der Waals surface area contributed by atoms with Gasteiger partial charge in [0.2, 0.25) is 0 Å². The zero-order valence-corrected chi connectivity index (χ0v) is 10.7. The summed E-state index contributed by atoms with van der Waals surface area (Å²) in [6, 6.07) is 7.94. The molecule has 0 unspecified atom stereocenters. The SMILES string of the molecule is Cc1cc(F)cc(C(=O)Cc2ccc(Cl)s2)c1. The van der Waals surface area contributed by atoms with Crippen molar-refractivity contribution in [1.82, 2.24) is 0 Å². The van der Waals surface area contributed by atoms with Gasteiger partial charge in [-0.1, -0.05) is 11.6 Å². The molecule has 2 aromatic rings. The maximum atomic E-state index is 13.2. The quantitative estimate of drug-likeness (QED) is 0.760. The van der Waals surface area contributed by atoms with E-state index in [0.29, 0.717) is 9.90 Å². The van der Waals surface area contributed by atoms with Crippen molar-refractivity contribution in [3.63, 3.8) is 0 Å². The first-order valence-corrected chi connectivity index (χ1v) is 6.28. The molecule has 1 nitrogen and oxygen atoms in total. The van der Waals surface area contributed by atoms with Crippen molar-refractivity contribution in [3.05, 3.63) is 56.5 Å². The van der Waals surface area contributed by atoms with Gasteiger partial charge in [0, 0.05) is 16.9 Å². The highest BCUT2D eigenvalue weighted by Gasteiger charge is 2.10. The first kappa shape index (κ1) is 12.3. The van der Waals surface area contributed by atoms with E-state index in [4.69, 9.17) is 11.6 Å². The van der Waals surface area contributed by atoms with Crippen LogP contribution in [0.15, 0.2) is 30.3 Å². The van der Waals surface area contributed by atoms with Crippen LogP contribution in [0.25, 0.3) is 0 Å². The van der Waals surface area contributed by atoms with Gasteiger partial charge < -0.3 is 0 Å². The highest BCUT2D eigenvalue weighted by molar-refractivity contribution is 7.16. The van der Waals surface area contributed by atoms with Gasteiger partial charge in [-0.2, -0.15) is 0 Å². The predicted molar refractivity (Wildman–Crippen MR) is 68.5 cm³/mol. The molecule has 0 atom stereocenters. The molecule has 0 aliphatic rings. The van der Waals surface area contributed by atoms with E-state index in [1.165, 1.54) is 23.5 Å². The molecule has 4 heteroatoms. The third-order valence-corrected chi connectivity index (χ3v) is 3.56. The van der Waals surface area contributed by atoms with Gasteiger partial charge in [0.15, 0.2) is 5.78 Å². The zero-order valence-electron chi connectivity index (χ0n) is 9.17. The van der Waals surface area contributed by atoms with Crippen LogP contribution in [0.5, 0.6) is 0 Å². The minimum atomic E-state index is -0.377. The molecule has 0 saturated heterocycles. The molecular weight excluding hydrogens is 259 g/mol. The van der Waals surface area contributed by atoms with Crippen LogP contribution in [0.2, 0.25) is 4.34 Å². The minimum Gasteiger partial charge on any atom is -0.294 e. The lowest BCUT2D eigenvalue weighted by Crippen LogP contribution is -2.03. The van der Waals surface area contributed by atoms with Gasteiger partial charge in [-0.05, 0) is 42.8 Å². The van der Waals surface area contributed by atoms with E-state index in [9.17, 15) is 9.18 Å². The summed E-state index contributed by atoms with van der Waals surface area (Å²) in [5.74, 6) is -0.469. The van der Waals surface area contributed by atoms with Gasteiger partial charge in [-0.3, -0.25) is 4.79 Å². The van der Waals surface area contributed by atoms with E-state index in [-0.39, 0.29) is 18.0 Å². The second-order valence-electron chi connectivity index (χ2n) is 3.82. The van der Waals surface area contributed by atoms with Crippen molar-refractivity contribution in [2.75, 3.05) is 0 Å². The summed E-state index contributed by atoms with van der Waals surface area (Å²) in [5.41, 5.74) is 1.16. The van der Waals surface area contributed by atoms with Gasteiger partial charge in [-0.15, -0.1) is 11.3 Å². The number of thiophene rings is 1. The van der Waals surface area contributed by atoms with Crippen LogP contribution in [-0.4, -0.2) is 5.78 Å². The number of hydrogen-bond donors (Lipinski definition) is 0. The van der Waals surface area contributed by atoms with E-state index >= 15 is 0 Å². The Hall–Kier alpha value is -1.19. The van der Waals surface area contributed by atoms with Crippen molar-refractivity contribution >= 4 is 28.7 Å². The highest BCUT2D eigenvalue weighted by Crippen LogP contribution is 2.23. The van der Waals surface area contributed by atoms with E-state index in [0.717, 1.165) is 10.4 Å². The average molecular weight is 269 g/mol. The Labute approximate surface area is 108 Å². The maximum Gasteiger partial charge on any atom is 0.168 e. The largest absolute Gasteiger partial charge is 0.294 e. The molecule has 0 aliphatic carbocycles. The Morgan fingerprint density at radius 1 is 1.35 bits per heavy atom. The van der Waals surface area contributed by atoms with Crippen LogP contribution in [0.3, 0.4) is 0 Å². The molecule has 1 heterocycles. The molecule has 17 heavy (non-hydrogen) atoms. The van der Waals surface area contributed by atoms with Crippen molar-refractivity contribution in [2.45, 2.75) is 13.3 Å². The summed E-state index contributed by atoms with van der Waals surface area (Å²) in [6.45, 7) is 1.77. The molecule has 0 spiro atoms. The Bertz CT molecular complexity index is 542. The standard InChI is InChI=1S/C13H10ClFOS/c1-8-4-9(6-10(15)5-8)12(16)7-11-2-3-13(14)17-11/h2-6H,7H2,1H3. The lowest BCUT2D eigenvalue weighted by Gasteiger charge is -2.01. The van der Waals surface area contributed by atoms with Gasteiger partial charge in [0.1, 0.15) is 5.82 Å². The number of aryl methyl sites for hydroxylation is 1. The summed E-state index contributed by atoms with van der Waals surface area (Å²) in [5, 5.41) is 0. The normalized spacial score (nSPS) is 10.5. The van der Waals surface area contributed by atoms with Crippen molar-refractivity contribution < 1.29 is 9.18 Å². The molecule has 88 valence electrons. The number of hydrogen-bond acceptors (Lipinski definition) is 2. The highest BCUT2D eigenvalue weighted by atomic mass is 35.5. The van der Waals surface area contributed by atoms with Crippen LogP contribution in [0, 0.1) is 12.7 Å². The molecule has 0 radical (unpaired) electrons. The number of halogens is 2. The second kappa shape index (κ2) is 4.98. The number of Topliss-reactive ketones (excluding diaryl/α,β-unsaturated/α-hetero) is 1. The fraction of sp³-hybridized carbons (Fsp3) is 0.154. The Kier molecular flexibility index (Phi) is 3.60. The molecule has 1 aromatic heterocycles. The summed E-state index contributed by atoms with van der Waals surface area (Å²) >= 11 is 7.16. The fourth-order valence-corrected chi connectivity index (χ4v) is 2.69. The van der Waals surface area contributed by atoms with Crippen LogP contribution in [0.1, 0.15) is 20.8 Å². The Morgan fingerprint density at radius 3 is 2.71 bits per heavy atom. The lowest BCUT2D eigenvalue weighted by atomic mass is 10.0. The maximum absolute atomic E-state index is 13.2. The smallest absolute Gasteiger partial charge is 0.168 e. The van der Waals surface area contributed by atoms with Crippen molar-refractivity contribution in [1.29, 1.82) is 0 Å². The molecule has 2 rings (SSSR count). The zero-order chi connectivity index (χ0) is 12.4. The van der Waals surface area contributed by atoms with Crippen LogP contribution >= 0.6 is 22.9 Å². The summed E-state index contributed by atoms with van der Waals surface area (Å²) < 4.78 is 13.8. The number of ketones is 1. The van der Waals surface area contributed by atoms with E-state index < -0.39 is 0 Å². The summed E-state index contributed by atoms with van der Waals surface area (Å²) in [7, 11) is 0. The van der Waals surface area contributed by atoms with Gasteiger partial charge in [0.25, 0.3) is 0 Å². The Morgan fingerprint density at radius 2 is 2.12 bits per heavy atom. The molecule has 0 aliphatic heterocycles. The number of carbonyl (C=O) groups is 1. The van der Waals surface area contributed by atoms with Crippen LogP contribution < -0.4 is 0 Å². The molecule has 0 fully saturated rings. The molecular formula is C13H10ClFOS. The molecule has 0 N–H and O–H groups in total. The number of benzene rings is 1. The van der Waals surface area contributed by atoms with E-state index in [2.05, 4.69) is 0 Å². The van der Waals surface area contributed by atoms with Gasteiger partial charge >= 0.3 is 0 Å². The first-order valence-electron chi connectivity index (χ1n) is 5.09. The average Bonchev–Trinajstić information content (AvgIpc) is 2.62. The van der Waals surface area contributed by atoms with Crippen LogP contribution in [0.4, 0.5) is 4.39 Å². The topological polar surface area (TPSA) is 17.1 Å². The fourth-order valence-electron chi connectivity index (χ4n) is 1.60. The van der Waals surface area contributed by atoms with Crippen molar-refractivity contribution in [2.24, 2.45) is 0 Å². The molecule has 0 saturated carbocycles. The first-order chi connectivity index (χ1) is 8.04. The Balaban J connectivity index is 2.19. The molecule has 0 bridgehead atoms. The lowest BCUT2D eigenvalue weighted by molar-refractivity contribution is 0.0993. The minimum absolute atomic E-state index is 0.0916. The number of carbonyl (C=O) groups excluding carboxylic acids is 1. The number of rotatable bonds is 3. The summed E-state index contributed by atoms with van der Waals surface area (Å²) in [6.07, 6.45) is 0.264. The third kappa shape index (κ3) is 3.14. The predicted octanol–water partition coefficient (Wildman–Crippen LogP) is 4.27. The monoisotopic (exact) mass is 268 g/mol.